The number of piperidine rings is 1. The van der Waals surface area contributed by atoms with E-state index in [-0.39, 0.29) is 17.7 Å². The molecule has 5 heteroatoms. The fourth-order valence-electron chi connectivity index (χ4n) is 2.82. The minimum atomic E-state index is -0.537. The average Bonchev–Trinajstić information content (AvgIpc) is 2.73. The monoisotopic (exact) mass is 253 g/mol. The lowest BCUT2D eigenvalue weighted by molar-refractivity contribution is -0.136. The molecule has 2 rings (SSSR count). The van der Waals surface area contributed by atoms with Crippen LogP contribution in [0.1, 0.15) is 33.1 Å². The van der Waals surface area contributed by atoms with Gasteiger partial charge in [0, 0.05) is 25.7 Å². The van der Waals surface area contributed by atoms with Crippen molar-refractivity contribution in [1.82, 2.24) is 10.2 Å². The number of carbonyl (C=O) groups is 2. The van der Waals surface area contributed by atoms with E-state index in [9.17, 15) is 9.59 Å². The van der Waals surface area contributed by atoms with Gasteiger partial charge in [0.2, 0.25) is 11.8 Å². The lowest BCUT2D eigenvalue weighted by Gasteiger charge is -2.30. The van der Waals surface area contributed by atoms with E-state index < -0.39 is 5.41 Å². The third kappa shape index (κ3) is 2.51. The van der Waals surface area contributed by atoms with Gasteiger partial charge in [-0.05, 0) is 33.1 Å². The molecule has 2 heterocycles. The number of hydrogen-bond donors (Lipinski definition) is 2. The van der Waals surface area contributed by atoms with Crippen LogP contribution in [0.3, 0.4) is 0 Å². The van der Waals surface area contributed by atoms with E-state index in [0.29, 0.717) is 25.6 Å². The van der Waals surface area contributed by atoms with Gasteiger partial charge in [0.1, 0.15) is 0 Å². The Hall–Kier alpha value is -1.10. The molecule has 0 aromatic carbocycles. The minimum Gasteiger partial charge on any atom is -0.369 e. The van der Waals surface area contributed by atoms with Crippen molar-refractivity contribution < 1.29 is 9.59 Å². The zero-order valence-corrected chi connectivity index (χ0v) is 11.2. The van der Waals surface area contributed by atoms with Crippen LogP contribution >= 0.6 is 0 Å². The van der Waals surface area contributed by atoms with E-state index >= 15 is 0 Å². The predicted molar refractivity (Wildman–Crippen MR) is 68.7 cm³/mol. The molecule has 0 saturated carbocycles. The summed E-state index contributed by atoms with van der Waals surface area (Å²) >= 11 is 0. The van der Waals surface area contributed by atoms with Gasteiger partial charge in [-0.15, -0.1) is 0 Å². The molecule has 2 amide bonds. The summed E-state index contributed by atoms with van der Waals surface area (Å²) in [6.07, 6.45) is 2.67. The van der Waals surface area contributed by atoms with E-state index in [2.05, 4.69) is 12.2 Å². The Morgan fingerprint density at radius 1 is 1.39 bits per heavy atom. The smallest absolute Gasteiger partial charge is 0.226 e. The molecular formula is C13H23N3O2. The Balaban J connectivity index is 1.93. The number of primary amides is 1. The van der Waals surface area contributed by atoms with Gasteiger partial charge in [0.05, 0.1) is 11.3 Å². The molecule has 102 valence electrons. The second-order valence-electron chi connectivity index (χ2n) is 6.02. The molecule has 2 saturated heterocycles. The SMILES string of the molecule is CC1CCC(C(=O)N2CCC(C)(C(N)=O)C2)CN1. The fourth-order valence-corrected chi connectivity index (χ4v) is 2.82. The number of hydrogen-bond acceptors (Lipinski definition) is 3. The van der Waals surface area contributed by atoms with Crippen molar-refractivity contribution in [2.45, 2.75) is 39.2 Å². The van der Waals surface area contributed by atoms with Crippen molar-refractivity contribution in [3.05, 3.63) is 0 Å². The van der Waals surface area contributed by atoms with Gasteiger partial charge in [-0.25, -0.2) is 0 Å². The molecular weight excluding hydrogens is 230 g/mol. The summed E-state index contributed by atoms with van der Waals surface area (Å²) in [5, 5.41) is 3.34. The standard InChI is InChI=1S/C13H23N3O2/c1-9-3-4-10(7-15-9)11(17)16-6-5-13(2,8-16)12(14)18/h9-10,15H,3-8H2,1-2H3,(H2,14,18). The van der Waals surface area contributed by atoms with Crippen LogP contribution in [0.4, 0.5) is 0 Å². The van der Waals surface area contributed by atoms with Gasteiger partial charge in [-0.2, -0.15) is 0 Å². The Labute approximate surface area is 108 Å². The predicted octanol–water partition coefficient (Wildman–Crippen LogP) is 0.0984. The molecule has 2 aliphatic rings. The molecule has 0 radical (unpaired) electrons. The first-order valence-electron chi connectivity index (χ1n) is 6.74. The molecule has 2 aliphatic heterocycles. The number of nitrogens with zero attached hydrogens (tertiary/aromatic N) is 1. The normalized spacial score (nSPS) is 36.7. The van der Waals surface area contributed by atoms with E-state index in [1.165, 1.54) is 0 Å². The molecule has 0 aromatic rings. The molecule has 0 aliphatic carbocycles. The van der Waals surface area contributed by atoms with Crippen LogP contribution in [0, 0.1) is 11.3 Å². The molecule has 0 aromatic heterocycles. The maximum absolute atomic E-state index is 12.4. The molecule has 5 nitrogen and oxygen atoms in total. The van der Waals surface area contributed by atoms with Crippen LogP contribution in [0.25, 0.3) is 0 Å². The second-order valence-corrected chi connectivity index (χ2v) is 6.02. The first-order valence-corrected chi connectivity index (χ1v) is 6.74. The molecule has 0 spiro atoms. The van der Waals surface area contributed by atoms with E-state index in [1.807, 2.05) is 11.8 Å². The quantitative estimate of drug-likeness (QED) is 0.733. The van der Waals surface area contributed by atoms with Crippen molar-refractivity contribution >= 4 is 11.8 Å². The third-order valence-electron chi connectivity index (χ3n) is 4.39. The van der Waals surface area contributed by atoms with Crippen molar-refractivity contribution in [3.8, 4) is 0 Å². The number of rotatable bonds is 2. The van der Waals surface area contributed by atoms with Crippen molar-refractivity contribution in [2.24, 2.45) is 17.1 Å². The summed E-state index contributed by atoms with van der Waals surface area (Å²) < 4.78 is 0. The molecule has 3 unspecified atom stereocenters. The van der Waals surface area contributed by atoms with Crippen LogP contribution in [-0.4, -0.2) is 42.4 Å². The van der Waals surface area contributed by atoms with E-state index in [0.717, 1.165) is 19.4 Å². The second kappa shape index (κ2) is 4.88. The van der Waals surface area contributed by atoms with Gasteiger partial charge in [-0.1, -0.05) is 0 Å². The van der Waals surface area contributed by atoms with Crippen molar-refractivity contribution in [2.75, 3.05) is 19.6 Å². The third-order valence-corrected chi connectivity index (χ3v) is 4.39. The van der Waals surface area contributed by atoms with Gasteiger partial charge >= 0.3 is 0 Å². The van der Waals surface area contributed by atoms with Gasteiger partial charge in [0.15, 0.2) is 0 Å². The summed E-state index contributed by atoms with van der Waals surface area (Å²) in [6.45, 7) is 5.88. The van der Waals surface area contributed by atoms with Gasteiger partial charge < -0.3 is 16.0 Å². The van der Waals surface area contributed by atoms with Crippen LogP contribution in [0.5, 0.6) is 0 Å². The molecule has 3 atom stereocenters. The van der Waals surface area contributed by atoms with Crippen LogP contribution in [0.15, 0.2) is 0 Å². The van der Waals surface area contributed by atoms with Crippen molar-refractivity contribution in [3.63, 3.8) is 0 Å². The van der Waals surface area contributed by atoms with Crippen LogP contribution in [0.2, 0.25) is 0 Å². The largest absolute Gasteiger partial charge is 0.369 e. The zero-order valence-electron chi connectivity index (χ0n) is 11.2. The number of nitrogens with two attached hydrogens (primary N) is 1. The lowest BCUT2D eigenvalue weighted by Crippen LogP contribution is -2.46. The highest BCUT2D eigenvalue weighted by molar-refractivity contribution is 5.84. The first kappa shape index (κ1) is 13.3. The zero-order chi connectivity index (χ0) is 13.3. The van der Waals surface area contributed by atoms with Crippen LogP contribution in [-0.2, 0) is 9.59 Å². The number of amides is 2. The minimum absolute atomic E-state index is 0.0661. The van der Waals surface area contributed by atoms with Crippen LogP contribution < -0.4 is 11.1 Å². The fraction of sp³-hybridized carbons (Fsp3) is 0.846. The maximum Gasteiger partial charge on any atom is 0.226 e. The Bertz CT molecular complexity index is 350. The Morgan fingerprint density at radius 3 is 2.61 bits per heavy atom. The maximum atomic E-state index is 12.4. The van der Waals surface area contributed by atoms with Gasteiger partial charge in [-0.3, -0.25) is 9.59 Å². The first-order chi connectivity index (χ1) is 8.42. The summed E-state index contributed by atoms with van der Waals surface area (Å²) in [7, 11) is 0. The topological polar surface area (TPSA) is 75.4 Å². The molecule has 0 bridgehead atoms. The summed E-state index contributed by atoms with van der Waals surface area (Å²) in [5.74, 6) is -0.0519. The Kier molecular flexibility index (Phi) is 3.61. The van der Waals surface area contributed by atoms with E-state index in [4.69, 9.17) is 5.73 Å². The van der Waals surface area contributed by atoms with Gasteiger partial charge in [0.25, 0.3) is 0 Å². The molecule has 18 heavy (non-hydrogen) atoms. The lowest BCUT2D eigenvalue weighted by atomic mass is 9.89. The highest BCUT2D eigenvalue weighted by Gasteiger charge is 2.42. The van der Waals surface area contributed by atoms with Crippen molar-refractivity contribution in [1.29, 1.82) is 0 Å². The summed E-state index contributed by atoms with van der Waals surface area (Å²) in [6, 6.07) is 0.503. The summed E-state index contributed by atoms with van der Waals surface area (Å²) in [5.41, 5.74) is 4.87. The highest BCUT2D eigenvalue weighted by Crippen LogP contribution is 2.31. The average molecular weight is 253 g/mol. The van der Waals surface area contributed by atoms with E-state index in [1.54, 1.807) is 0 Å². The highest BCUT2D eigenvalue weighted by atomic mass is 16.2. The number of carbonyl (C=O) groups excluding carboxylic acids is 2. The number of nitrogens with one attached hydrogen (secondary N) is 1. The molecule has 3 N–H and O–H groups in total. The summed E-state index contributed by atoms with van der Waals surface area (Å²) in [4.78, 5) is 25.5. The number of likely N-dealkylation sites (tertiary alicyclic amines) is 1. The molecule has 2 fully saturated rings. The Morgan fingerprint density at radius 2 is 2.11 bits per heavy atom.